The molecule has 1 N–H and O–H groups in total. The topological polar surface area (TPSA) is 46.4 Å². The number of rotatable bonds is 3. The Balaban J connectivity index is 1.56. The van der Waals surface area contributed by atoms with Crippen LogP contribution in [-0.4, -0.2) is 15.3 Å². The van der Waals surface area contributed by atoms with Gasteiger partial charge in [-0.1, -0.05) is 35.9 Å². The molecule has 0 atom stereocenters. The average molecular weight is 341 g/mol. The molecule has 0 aliphatic rings. The predicted molar refractivity (Wildman–Crippen MR) is 104 cm³/mol. The van der Waals surface area contributed by atoms with Crippen LogP contribution in [0.4, 0.5) is 5.69 Å². The van der Waals surface area contributed by atoms with Crippen LogP contribution in [0.2, 0.25) is 0 Å². The number of anilines is 1. The highest BCUT2D eigenvalue weighted by molar-refractivity contribution is 6.05. The van der Waals surface area contributed by atoms with Gasteiger partial charge in [-0.25, -0.2) is 4.98 Å². The quantitative estimate of drug-likeness (QED) is 0.578. The molecule has 4 nitrogen and oxygen atoms in total. The third kappa shape index (κ3) is 3.09. The maximum Gasteiger partial charge on any atom is 0.255 e. The van der Waals surface area contributed by atoms with E-state index in [9.17, 15) is 4.79 Å². The van der Waals surface area contributed by atoms with Crippen molar-refractivity contribution in [2.75, 3.05) is 5.32 Å². The van der Waals surface area contributed by atoms with E-state index < -0.39 is 0 Å². The third-order valence-electron chi connectivity index (χ3n) is 4.44. The molecule has 4 rings (SSSR count). The number of carbonyl (C=O) groups excluding carboxylic acids is 1. The van der Waals surface area contributed by atoms with E-state index in [1.165, 1.54) is 0 Å². The Morgan fingerprint density at radius 3 is 2.58 bits per heavy atom. The van der Waals surface area contributed by atoms with Crippen LogP contribution < -0.4 is 5.32 Å². The van der Waals surface area contributed by atoms with Crippen molar-refractivity contribution < 1.29 is 4.79 Å². The SMILES string of the molecule is Cc1ccc(C)c(C(=O)Nc2ccc(-c3cn4ccccc4n3)cc2)c1. The second-order valence-corrected chi connectivity index (χ2v) is 6.44. The summed E-state index contributed by atoms with van der Waals surface area (Å²) in [5.41, 5.74) is 6.34. The smallest absolute Gasteiger partial charge is 0.255 e. The molecule has 0 bridgehead atoms. The van der Waals surface area contributed by atoms with Crippen LogP contribution in [0.15, 0.2) is 73.1 Å². The lowest BCUT2D eigenvalue weighted by Crippen LogP contribution is -2.13. The number of carbonyl (C=O) groups is 1. The van der Waals surface area contributed by atoms with Gasteiger partial charge in [0, 0.05) is 29.2 Å². The number of imidazole rings is 1. The van der Waals surface area contributed by atoms with Crippen molar-refractivity contribution in [3.8, 4) is 11.3 Å². The third-order valence-corrected chi connectivity index (χ3v) is 4.44. The zero-order valence-corrected chi connectivity index (χ0v) is 14.7. The van der Waals surface area contributed by atoms with Crippen molar-refractivity contribution in [2.45, 2.75) is 13.8 Å². The molecule has 0 spiro atoms. The van der Waals surface area contributed by atoms with E-state index in [-0.39, 0.29) is 5.91 Å². The summed E-state index contributed by atoms with van der Waals surface area (Å²) in [5.74, 6) is -0.0910. The molecule has 0 aliphatic carbocycles. The standard InChI is InChI=1S/C22H19N3O/c1-15-6-7-16(2)19(13-15)22(26)23-18-10-8-17(9-11-18)20-14-25-12-4-3-5-21(25)24-20/h3-14H,1-2H3,(H,23,26). The van der Waals surface area contributed by atoms with Crippen LogP contribution in [0.5, 0.6) is 0 Å². The van der Waals surface area contributed by atoms with Gasteiger partial charge in [0.05, 0.1) is 5.69 Å². The number of benzene rings is 2. The van der Waals surface area contributed by atoms with Crippen LogP contribution in [0.3, 0.4) is 0 Å². The first-order chi connectivity index (χ1) is 12.6. The molecule has 26 heavy (non-hydrogen) atoms. The Morgan fingerprint density at radius 2 is 1.81 bits per heavy atom. The lowest BCUT2D eigenvalue weighted by Gasteiger charge is -2.09. The molecule has 0 fully saturated rings. The molecule has 4 heteroatoms. The van der Waals surface area contributed by atoms with Gasteiger partial charge >= 0.3 is 0 Å². The lowest BCUT2D eigenvalue weighted by molar-refractivity contribution is 0.102. The first-order valence-corrected chi connectivity index (χ1v) is 8.53. The van der Waals surface area contributed by atoms with Crippen LogP contribution in [0.1, 0.15) is 21.5 Å². The molecule has 128 valence electrons. The molecular weight excluding hydrogens is 322 g/mol. The summed E-state index contributed by atoms with van der Waals surface area (Å²) in [6.07, 6.45) is 3.98. The fraction of sp³-hybridized carbons (Fsp3) is 0.0909. The Kier molecular flexibility index (Phi) is 4.01. The summed E-state index contributed by atoms with van der Waals surface area (Å²) in [6.45, 7) is 3.93. The molecule has 1 amide bonds. The van der Waals surface area contributed by atoms with Crippen LogP contribution >= 0.6 is 0 Å². The van der Waals surface area contributed by atoms with Gasteiger partial charge in [0.15, 0.2) is 0 Å². The number of fused-ring (bicyclic) bond motifs is 1. The number of aryl methyl sites for hydroxylation is 2. The highest BCUT2D eigenvalue weighted by Gasteiger charge is 2.10. The number of hydrogen-bond acceptors (Lipinski definition) is 2. The van der Waals surface area contributed by atoms with Gasteiger partial charge in [-0.2, -0.15) is 0 Å². The number of hydrogen-bond donors (Lipinski definition) is 1. The molecule has 0 saturated carbocycles. The van der Waals surface area contributed by atoms with Crippen molar-refractivity contribution >= 4 is 17.2 Å². The highest BCUT2D eigenvalue weighted by atomic mass is 16.1. The number of amides is 1. The minimum atomic E-state index is -0.0910. The maximum absolute atomic E-state index is 12.5. The van der Waals surface area contributed by atoms with E-state index in [2.05, 4.69) is 10.3 Å². The van der Waals surface area contributed by atoms with Gasteiger partial charge in [0.2, 0.25) is 0 Å². The first kappa shape index (κ1) is 16.1. The minimum Gasteiger partial charge on any atom is -0.322 e. The van der Waals surface area contributed by atoms with Gasteiger partial charge in [-0.15, -0.1) is 0 Å². The van der Waals surface area contributed by atoms with Gasteiger partial charge in [-0.3, -0.25) is 4.79 Å². The summed E-state index contributed by atoms with van der Waals surface area (Å²) < 4.78 is 1.99. The van der Waals surface area contributed by atoms with Gasteiger partial charge in [0.1, 0.15) is 5.65 Å². The zero-order valence-electron chi connectivity index (χ0n) is 14.7. The van der Waals surface area contributed by atoms with Crippen molar-refractivity contribution in [3.63, 3.8) is 0 Å². The van der Waals surface area contributed by atoms with Gasteiger partial charge in [-0.05, 0) is 49.7 Å². The minimum absolute atomic E-state index is 0.0910. The van der Waals surface area contributed by atoms with Gasteiger partial charge < -0.3 is 9.72 Å². The molecule has 0 unspecified atom stereocenters. The molecule has 2 aromatic carbocycles. The van der Waals surface area contributed by atoms with Crippen molar-refractivity contribution in [3.05, 3.63) is 89.7 Å². The predicted octanol–water partition coefficient (Wildman–Crippen LogP) is 4.87. The second kappa shape index (κ2) is 6.48. The number of nitrogens with one attached hydrogen (secondary N) is 1. The Labute approximate surface area is 152 Å². The average Bonchev–Trinajstić information content (AvgIpc) is 3.08. The molecule has 0 aliphatic heterocycles. The number of nitrogens with zero attached hydrogens (tertiary/aromatic N) is 2. The zero-order chi connectivity index (χ0) is 18.1. The fourth-order valence-electron chi connectivity index (χ4n) is 2.98. The lowest BCUT2D eigenvalue weighted by atomic mass is 10.0. The first-order valence-electron chi connectivity index (χ1n) is 8.53. The molecule has 2 heterocycles. The van der Waals surface area contributed by atoms with E-state index in [1.54, 1.807) is 0 Å². The normalized spacial score (nSPS) is 10.8. The van der Waals surface area contributed by atoms with Crippen molar-refractivity contribution in [1.29, 1.82) is 0 Å². The summed E-state index contributed by atoms with van der Waals surface area (Å²) in [6, 6.07) is 19.6. The molecule has 2 aromatic heterocycles. The van der Waals surface area contributed by atoms with Crippen LogP contribution in [-0.2, 0) is 0 Å². The van der Waals surface area contributed by atoms with E-state index in [0.29, 0.717) is 5.56 Å². The number of pyridine rings is 1. The van der Waals surface area contributed by atoms with Crippen molar-refractivity contribution in [1.82, 2.24) is 9.38 Å². The monoisotopic (exact) mass is 341 g/mol. The molecule has 4 aromatic rings. The van der Waals surface area contributed by atoms with Gasteiger partial charge in [0.25, 0.3) is 5.91 Å². The van der Waals surface area contributed by atoms with E-state index in [4.69, 9.17) is 0 Å². The summed E-state index contributed by atoms with van der Waals surface area (Å²) in [4.78, 5) is 17.2. The van der Waals surface area contributed by atoms with E-state index in [1.807, 2.05) is 91.3 Å². The van der Waals surface area contributed by atoms with Crippen LogP contribution in [0, 0.1) is 13.8 Å². The second-order valence-electron chi connectivity index (χ2n) is 6.44. The largest absolute Gasteiger partial charge is 0.322 e. The van der Waals surface area contributed by atoms with Crippen LogP contribution in [0.25, 0.3) is 16.9 Å². The van der Waals surface area contributed by atoms with Crippen molar-refractivity contribution in [2.24, 2.45) is 0 Å². The highest BCUT2D eigenvalue weighted by Crippen LogP contribution is 2.22. The van der Waals surface area contributed by atoms with E-state index >= 15 is 0 Å². The summed E-state index contributed by atoms with van der Waals surface area (Å²) in [7, 11) is 0. The maximum atomic E-state index is 12.5. The Morgan fingerprint density at radius 1 is 1.00 bits per heavy atom. The Bertz CT molecular complexity index is 1060. The Hall–Kier alpha value is -3.40. The van der Waals surface area contributed by atoms with E-state index in [0.717, 1.165) is 33.7 Å². The molecular formula is C22H19N3O. The molecule has 0 radical (unpaired) electrons. The molecule has 0 saturated heterocycles. The fourth-order valence-corrected chi connectivity index (χ4v) is 2.98. The summed E-state index contributed by atoms with van der Waals surface area (Å²) >= 11 is 0. The number of aromatic nitrogens is 2. The summed E-state index contributed by atoms with van der Waals surface area (Å²) in [5, 5.41) is 2.97.